The summed E-state index contributed by atoms with van der Waals surface area (Å²) in [4.78, 5) is 0. The molecule has 1 heterocycles. The van der Waals surface area contributed by atoms with Crippen LogP contribution in [0.3, 0.4) is 0 Å². The van der Waals surface area contributed by atoms with Gasteiger partial charge in [0.25, 0.3) is 0 Å². The smallest absolute Gasteiger partial charge is 0.200 e. The fourth-order valence-corrected chi connectivity index (χ4v) is 2.52. The summed E-state index contributed by atoms with van der Waals surface area (Å²) >= 11 is 0. The first-order valence-corrected chi connectivity index (χ1v) is 6.80. The molecule has 0 bridgehead atoms. The Hall–Kier alpha value is -1.80. The molecule has 0 N–H and O–H groups in total. The van der Waals surface area contributed by atoms with Crippen LogP contribution in [-0.4, -0.2) is 12.9 Å². The molecule has 0 radical (unpaired) electrons. The van der Waals surface area contributed by atoms with E-state index in [0.717, 1.165) is 25.2 Å². The Morgan fingerprint density at radius 1 is 0.895 bits per heavy atom. The third-order valence-electron chi connectivity index (χ3n) is 3.53. The molecule has 1 fully saturated rings. The average Bonchev–Trinajstić information content (AvgIpc) is 2.49. The van der Waals surface area contributed by atoms with Gasteiger partial charge in [0, 0.05) is 6.42 Å². The monoisotopic (exact) mass is 254 g/mol. The Bertz CT molecular complexity index is 495. The van der Waals surface area contributed by atoms with Crippen LogP contribution in [0.15, 0.2) is 60.7 Å². The molecular formula is C17H18O2. The summed E-state index contributed by atoms with van der Waals surface area (Å²) in [6.07, 6.45) is 1.85. The minimum Gasteiger partial charge on any atom is -0.465 e. The van der Waals surface area contributed by atoms with Crippen LogP contribution in [0.2, 0.25) is 0 Å². The third-order valence-corrected chi connectivity index (χ3v) is 3.53. The van der Waals surface area contributed by atoms with E-state index in [9.17, 15) is 0 Å². The van der Waals surface area contributed by atoms with Crippen LogP contribution >= 0.6 is 0 Å². The van der Waals surface area contributed by atoms with E-state index in [2.05, 4.69) is 30.3 Å². The number of rotatable bonds is 3. The van der Waals surface area contributed by atoms with Crippen LogP contribution in [0.1, 0.15) is 24.3 Å². The lowest BCUT2D eigenvalue weighted by molar-refractivity contribution is -0.112. The van der Waals surface area contributed by atoms with Gasteiger partial charge in [-0.15, -0.1) is 0 Å². The van der Waals surface area contributed by atoms with Gasteiger partial charge in [0.1, 0.15) is 5.75 Å². The fourth-order valence-electron chi connectivity index (χ4n) is 2.52. The van der Waals surface area contributed by atoms with E-state index >= 15 is 0 Å². The van der Waals surface area contributed by atoms with E-state index in [0.29, 0.717) is 5.92 Å². The maximum Gasteiger partial charge on any atom is 0.200 e. The van der Waals surface area contributed by atoms with E-state index in [-0.39, 0.29) is 6.29 Å². The van der Waals surface area contributed by atoms with Crippen LogP contribution in [0.5, 0.6) is 5.75 Å². The molecule has 3 rings (SSSR count). The average molecular weight is 254 g/mol. The van der Waals surface area contributed by atoms with E-state index in [4.69, 9.17) is 9.47 Å². The Labute approximate surface area is 114 Å². The van der Waals surface area contributed by atoms with Crippen molar-refractivity contribution in [2.75, 3.05) is 6.61 Å². The highest BCUT2D eigenvalue weighted by Gasteiger charge is 2.24. The molecule has 0 aromatic heterocycles. The van der Waals surface area contributed by atoms with Gasteiger partial charge in [0.05, 0.1) is 6.61 Å². The largest absolute Gasteiger partial charge is 0.465 e. The zero-order valence-corrected chi connectivity index (χ0v) is 10.9. The van der Waals surface area contributed by atoms with Crippen molar-refractivity contribution in [2.45, 2.75) is 25.0 Å². The van der Waals surface area contributed by atoms with Gasteiger partial charge in [0.2, 0.25) is 0 Å². The van der Waals surface area contributed by atoms with E-state index < -0.39 is 0 Å². The van der Waals surface area contributed by atoms with Crippen LogP contribution in [0.4, 0.5) is 0 Å². The second-order valence-corrected chi connectivity index (χ2v) is 4.86. The second kappa shape index (κ2) is 5.89. The van der Waals surface area contributed by atoms with Gasteiger partial charge in [0.15, 0.2) is 6.29 Å². The van der Waals surface area contributed by atoms with Crippen LogP contribution < -0.4 is 4.74 Å². The summed E-state index contributed by atoms with van der Waals surface area (Å²) in [5.41, 5.74) is 1.38. The third kappa shape index (κ3) is 3.15. The number of benzene rings is 2. The lowest BCUT2D eigenvalue weighted by atomic mass is 9.91. The summed E-state index contributed by atoms with van der Waals surface area (Å²) < 4.78 is 11.6. The molecule has 0 spiro atoms. The van der Waals surface area contributed by atoms with E-state index in [1.54, 1.807) is 0 Å². The van der Waals surface area contributed by atoms with E-state index in [1.807, 2.05) is 30.3 Å². The lowest BCUT2D eigenvalue weighted by Crippen LogP contribution is -2.29. The minimum atomic E-state index is -0.138. The van der Waals surface area contributed by atoms with Gasteiger partial charge < -0.3 is 9.47 Å². The van der Waals surface area contributed by atoms with Crippen LogP contribution in [0, 0.1) is 0 Å². The van der Waals surface area contributed by atoms with Crippen molar-refractivity contribution >= 4 is 0 Å². The molecule has 1 saturated heterocycles. The molecule has 0 amide bonds. The molecule has 19 heavy (non-hydrogen) atoms. The fraction of sp³-hybridized carbons (Fsp3) is 0.294. The number of ether oxygens (including phenoxy) is 2. The predicted molar refractivity (Wildman–Crippen MR) is 75.2 cm³/mol. The highest BCUT2D eigenvalue weighted by atomic mass is 16.7. The molecule has 0 saturated carbocycles. The van der Waals surface area contributed by atoms with Gasteiger partial charge in [-0.25, -0.2) is 0 Å². The number of hydrogen-bond acceptors (Lipinski definition) is 2. The summed E-state index contributed by atoms with van der Waals surface area (Å²) in [6.45, 7) is 0.761. The van der Waals surface area contributed by atoms with Crippen molar-refractivity contribution in [2.24, 2.45) is 0 Å². The first-order chi connectivity index (χ1) is 9.42. The van der Waals surface area contributed by atoms with Crippen molar-refractivity contribution in [3.8, 4) is 5.75 Å². The molecule has 2 aromatic rings. The Kier molecular flexibility index (Phi) is 3.80. The molecule has 2 atom stereocenters. The van der Waals surface area contributed by atoms with Crippen molar-refractivity contribution in [1.82, 2.24) is 0 Å². The van der Waals surface area contributed by atoms with Gasteiger partial charge in [-0.3, -0.25) is 0 Å². The predicted octanol–water partition coefficient (Wildman–Crippen LogP) is 3.99. The van der Waals surface area contributed by atoms with Gasteiger partial charge in [-0.2, -0.15) is 0 Å². The van der Waals surface area contributed by atoms with Crippen LogP contribution in [0.25, 0.3) is 0 Å². The Balaban J connectivity index is 1.65. The number of para-hydroxylation sites is 1. The van der Waals surface area contributed by atoms with Crippen LogP contribution in [-0.2, 0) is 4.74 Å². The quantitative estimate of drug-likeness (QED) is 0.824. The molecular weight excluding hydrogens is 236 g/mol. The van der Waals surface area contributed by atoms with Gasteiger partial charge in [-0.05, 0) is 30.0 Å². The normalized spacial score (nSPS) is 22.9. The highest BCUT2D eigenvalue weighted by molar-refractivity contribution is 5.22. The molecule has 2 nitrogen and oxygen atoms in total. The molecule has 0 unspecified atom stereocenters. The van der Waals surface area contributed by atoms with Crippen molar-refractivity contribution < 1.29 is 9.47 Å². The summed E-state index contributed by atoms with van der Waals surface area (Å²) in [5.74, 6) is 1.41. The van der Waals surface area contributed by atoms with Crippen molar-refractivity contribution in [1.29, 1.82) is 0 Å². The zero-order chi connectivity index (χ0) is 12.9. The summed E-state index contributed by atoms with van der Waals surface area (Å²) in [7, 11) is 0. The standard InChI is InChI=1S/C17H18O2/c1-3-7-14(8-4-1)15-11-12-18-17(13-15)19-16-9-5-2-6-10-16/h1-10,15,17H,11-13H2/t15-,17+/m0/s1. The zero-order valence-electron chi connectivity index (χ0n) is 10.9. The van der Waals surface area contributed by atoms with Gasteiger partial charge in [-0.1, -0.05) is 48.5 Å². The Morgan fingerprint density at radius 3 is 2.32 bits per heavy atom. The highest BCUT2D eigenvalue weighted by Crippen LogP contribution is 2.30. The Morgan fingerprint density at radius 2 is 1.58 bits per heavy atom. The lowest BCUT2D eigenvalue weighted by Gasteiger charge is -2.30. The first-order valence-electron chi connectivity index (χ1n) is 6.80. The van der Waals surface area contributed by atoms with E-state index in [1.165, 1.54) is 5.56 Å². The molecule has 2 heteroatoms. The summed E-state index contributed by atoms with van der Waals surface area (Å²) in [5, 5.41) is 0. The maximum atomic E-state index is 5.88. The molecule has 1 aliphatic heterocycles. The second-order valence-electron chi connectivity index (χ2n) is 4.86. The summed E-state index contributed by atoms with van der Waals surface area (Å²) in [6, 6.07) is 20.5. The molecule has 1 aliphatic rings. The first kappa shape index (κ1) is 12.2. The van der Waals surface area contributed by atoms with Gasteiger partial charge >= 0.3 is 0 Å². The topological polar surface area (TPSA) is 18.5 Å². The number of hydrogen-bond donors (Lipinski definition) is 0. The van der Waals surface area contributed by atoms with Crippen molar-refractivity contribution in [3.63, 3.8) is 0 Å². The molecule has 98 valence electrons. The molecule has 2 aromatic carbocycles. The maximum absolute atomic E-state index is 5.88. The molecule has 0 aliphatic carbocycles. The minimum absolute atomic E-state index is 0.138. The van der Waals surface area contributed by atoms with Crippen molar-refractivity contribution in [3.05, 3.63) is 66.2 Å². The SMILES string of the molecule is c1ccc(O[C@@H]2C[C@@H](c3ccccc3)CCO2)cc1.